The minimum atomic E-state index is 0.512. The summed E-state index contributed by atoms with van der Waals surface area (Å²) in [6, 6.07) is 16.4. The summed E-state index contributed by atoms with van der Waals surface area (Å²) in [4.78, 5) is 0. The number of anilines is 1. The van der Waals surface area contributed by atoms with Crippen LogP contribution in [-0.4, -0.2) is 4.57 Å². The van der Waals surface area contributed by atoms with Gasteiger partial charge in [-0.1, -0.05) is 18.2 Å². The molecule has 0 radical (unpaired) electrons. The Morgan fingerprint density at radius 1 is 1.06 bits per heavy atom. The Morgan fingerprint density at radius 2 is 1.83 bits per heavy atom. The van der Waals surface area contributed by atoms with E-state index in [9.17, 15) is 0 Å². The van der Waals surface area contributed by atoms with Crippen molar-refractivity contribution in [1.82, 2.24) is 4.57 Å². The second-order valence-electron chi connectivity index (χ2n) is 4.35. The number of rotatable bonds is 2. The van der Waals surface area contributed by atoms with Crippen LogP contribution in [0.5, 0.6) is 0 Å². The SMILES string of the molecule is N#CCCn1c2ccccc2c2cc(N)ccc21. The van der Waals surface area contributed by atoms with Gasteiger partial charge in [-0.3, -0.25) is 0 Å². The van der Waals surface area contributed by atoms with Gasteiger partial charge in [-0.15, -0.1) is 0 Å². The number of nitrogens with two attached hydrogens (primary N) is 1. The van der Waals surface area contributed by atoms with Crippen LogP contribution in [0.2, 0.25) is 0 Å². The summed E-state index contributed by atoms with van der Waals surface area (Å²) in [5.41, 5.74) is 8.93. The lowest BCUT2D eigenvalue weighted by Gasteiger charge is -2.04. The molecule has 18 heavy (non-hydrogen) atoms. The van der Waals surface area contributed by atoms with E-state index in [4.69, 9.17) is 11.0 Å². The Hall–Kier alpha value is -2.47. The highest BCUT2D eigenvalue weighted by Gasteiger charge is 2.09. The number of nitriles is 1. The number of hydrogen-bond acceptors (Lipinski definition) is 2. The molecule has 3 aromatic rings. The molecular formula is C15H13N3. The van der Waals surface area contributed by atoms with Crippen LogP contribution in [0.1, 0.15) is 6.42 Å². The molecule has 2 N–H and O–H groups in total. The molecule has 1 aromatic heterocycles. The van der Waals surface area contributed by atoms with E-state index >= 15 is 0 Å². The molecule has 2 aromatic carbocycles. The minimum Gasteiger partial charge on any atom is -0.399 e. The number of fused-ring (bicyclic) bond motifs is 3. The van der Waals surface area contributed by atoms with Crippen LogP contribution in [0.15, 0.2) is 42.5 Å². The van der Waals surface area contributed by atoms with E-state index in [1.807, 2.05) is 30.3 Å². The molecule has 0 atom stereocenters. The standard InChI is InChI=1S/C15H13N3/c16-8-3-9-18-14-5-2-1-4-12(14)13-10-11(17)6-7-15(13)18/h1-2,4-7,10H,3,9,17H2. The monoisotopic (exact) mass is 235 g/mol. The summed E-state index contributed by atoms with van der Waals surface area (Å²) in [6.07, 6.45) is 0.512. The third-order valence-corrected chi connectivity index (χ3v) is 3.24. The van der Waals surface area contributed by atoms with E-state index in [2.05, 4.69) is 22.8 Å². The lowest BCUT2D eigenvalue weighted by Crippen LogP contribution is -1.96. The van der Waals surface area contributed by atoms with Gasteiger partial charge in [-0.25, -0.2) is 0 Å². The second kappa shape index (κ2) is 4.08. The number of nitrogens with zero attached hydrogens (tertiary/aromatic N) is 2. The van der Waals surface area contributed by atoms with Crippen LogP contribution >= 0.6 is 0 Å². The van der Waals surface area contributed by atoms with Gasteiger partial charge in [0.15, 0.2) is 0 Å². The van der Waals surface area contributed by atoms with Crippen LogP contribution in [-0.2, 0) is 6.54 Å². The van der Waals surface area contributed by atoms with Crippen molar-refractivity contribution in [3.63, 3.8) is 0 Å². The van der Waals surface area contributed by atoms with E-state index in [0.717, 1.165) is 22.1 Å². The Balaban J connectivity index is 2.39. The molecule has 0 fully saturated rings. The molecule has 0 spiro atoms. The number of hydrogen-bond donors (Lipinski definition) is 1. The predicted molar refractivity (Wildman–Crippen MR) is 74.1 cm³/mol. The summed E-state index contributed by atoms with van der Waals surface area (Å²) < 4.78 is 2.19. The third-order valence-electron chi connectivity index (χ3n) is 3.24. The highest BCUT2D eigenvalue weighted by Crippen LogP contribution is 2.30. The van der Waals surface area contributed by atoms with E-state index in [0.29, 0.717) is 13.0 Å². The highest BCUT2D eigenvalue weighted by molar-refractivity contribution is 6.08. The fraction of sp³-hybridized carbons (Fsp3) is 0.133. The zero-order chi connectivity index (χ0) is 12.5. The normalized spacial score (nSPS) is 10.8. The number of aryl methyl sites for hydroxylation is 1. The zero-order valence-corrected chi connectivity index (χ0v) is 9.93. The number of benzene rings is 2. The summed E-state index contributed by atoms with van der Waals surface area (Å²) in [5.74, 6) is 0. The van der Waals surface area contributed by atoms with Gasteiger partial charge >= 0.3 is 0 Å². The van der Waals surface area contributed by atoms with E-state index < -0.39 is 0 Å². The van der Waals surface area contributed by atoms with Crippen molar-refractivity contribution in [3.05, 3.63) is 42.5 Å². The molecule has 3 heteroatoms. The van der Waals surface area contributed by atoms with E-state index in [1.165, 1.54) is 5.39 Å². The van der Waals surface area contributed by atoms with Crippen LogP contribution < -0.4 is 5.73 Å². The number of para-hydroxylation sites is 1. The van der Waals surface area contributed by atoms with Crippen molar-refractivity contribution in [2.45, 2.75) is 13.0 Å². The molecular weight excluding hydrogens is 222 g/mol. The van der Waals surface area contributed by atoms with E-state index in [-0.39, 0.29) is 0 Å². The molecule has 0 aliphatic rings. The molecule has 0 saturated heterocycles. The molecule has 1 heterocycles. The van der Waals surface area contributed by atoms with Gasteiger partial charge in [-0.05, 0) is 24.3 Å². The maximum Gasteiger partial charge on any atom is 0.0640 e. The van der Waals surface area contributed by atoms with Crippen molar-refractivity contribution in [1.29, 1.82) is 5.26 Å². The Bertz CT molecular complexity index is 762. The van der Waals surface area contributed by atoms with Gasteiger partial charge in [-0.2, -0.15) is 5.26 Å². The molecule has 0 unspecified atom stereocenters. The Morgan fingerprint density at radius 3 is 2.67 bits per heavy atom. The van der Waals surface area contributed by atoms with Crippen molar-refractivity contribution < 1.29 is 0 Å². The second-order valence-corrected chi connectivity index (χ2v) is 4.35. The van der Waals surface area contributed by atoms with Gasteiger partial charge in [0.25, 0.3) is 0 Å². The van der Waals surface area contributed by atoms with E-state index in [1.54, 1.807) is 0 Å². The summed E-state index contributed by atoms with van der Waals surface area (Å²) >= 11 is 0. The average molecular weight is 235 g/mol. The maximum absolute atomic E-state index is 8.77. The van der Waals surface area contributed by atoms with Gasteiger partial charge < -0.3 is 10.3 Å². The van der Waals surface area contributed by atoms with Gasteiger partial charge in [0.2, 0.25) is 0 Å². The van der Waals surface area contributed by atoms with Gasteiger partial charge in [0.05, 0.1) is 12.5 Å². The van der Waals surface area contributed by atoms with Crippen molar-refractivity contribution in [2.75, 3.05) is 5.73 Å². The molecule has 0 saturated carbocycles. The zero-order valence-electron chi connectivity index (χ0n) is 9.93. The fourth-order valence-electron chi connectivity index (χ4n) is 2.47. The van der Waals surface area contributed by atoms with Gasteiger partial charge in [0.1, 0.15) is 0 Å². The Kier molecular flexibility index (Phi) is 2.42. The molecule has 3 nitrogen and oxygen atoms in total. The third kappa shape index (κ3) is 1.51. The van der Waals surface area contributed by atoms with Crippen molar-refractivity contribution >= 4 is 27.5 Å². The van der Waals surface area contributed by atoms with Gasteiger partial charge in [0, 0.05) is 34.0 Å². The average Bonchev–Trinajstić information content (AvgIpc) is 2.70. The van der Waals surface area contributed by atoms with Crippen molar-refractivity contribution in [2.24, 2.45) is 0 Å². The van der Waals surface area contributed by atoms with Crippen LogP contribution in [0.3, 0.4) is 0 Å². The lowest BCUT2D eigenvalue weighted by molar-refractivity contribution is 0.769. The molecule has 88 valence electrons. The fourth-order valence-corrected chi connectivity index (χ4v) is 2.47. The molecule has 0 amide bonds. The smallest absolute Gasteiger partial charge is 0.0640 e. The topological polar surface area (TPSA) is 54.7 Å². The first kappa shape index (κ1) is 10.7. The number of nitrogen functional groups attached to an aromatic ring is 1. The molecule has 0 aliphatic carbocycles. The largest absolute Gasteiger partial charge is 0.399 e. The lowest BCUT2D eigenvalue weighted by atomic mass is 10.1. The van der Waals surface area contributed by atoms with Crippen LogP contribution in [0.4, 0.5) is 5.69 Å². The Labute approximate surface area is 105 Å². The number of aromatic nitrogens is 1. The van der Waals surface area contributed by atoms with Crippen LogP contribution in [0.25, 0.3) is 21.8 Å². The first-order valence-electron chi connectivity index (χ1n) is 5.94. The minimum absolute atomic E-state index is 0.512. The molecule has 0 aliphatic heterocycles. The quantitative estimate of drug-likeness (QED) is 0.693. The van der Waals surface area contributed by atoms with Crippen LogP contribution in [0, 0.1) is 11.3 Å². The predicted octanol–water partition coefficient (Wildman–Crippen LogP) is 3.29. The highest BCUT2D eigenvalue weighted by atomic mass is 15.0. The summed E-state index contributed by atoms with van der Waals surface area (Å²) in [7, 11) is 0. The maximum atomic E-state index is 8.77. The first-order valence-corrected chi connectivity index (χ1v) is 5.94. The van der Waals surface area contributed by atoms with Crippen molar-refractivity contribution in [3.8, 4) is 6.07 Å². The molecule has 3 rings (SSSR count). The summed E-state index contributed by atoms with van der Waals surface area (Å²) in [6.45, 7) is 0.713. The summed E-state index contributed by atoms with van der Waals surface area (Å²) in [5, 5.41) is 11.1. The first-order chi connectivity index (χ1) is 8.81. The molecule has 0 bridgehead atoms.